The van der Waals surface area contributed by atoms with Crippen molar-refractivity contribution in [3.8, 4) is 0 Å². The predicted molar refractivity (Wildman–Crippen MR) is 53.8 cm³/mol. The third-order valence-corrected chi connectivity index (χ3v) is 3.65. The molecule has 0 radical (unpaired) electrons. The van der Waals surface area contributed by atoms with E-state index in [1.807, 2.05) is 27.7 Å². The second kappa shape index (κ2) is 3.76. The smallest absolute Gasteiger partial charge is 0.303 e. The zero-order valence-electron chi connectivity index (χ0n) is 9.02. The van der Waals surface area contributed by atoms with E-state index < -0.39 is 7.60 Å². The monoisotopic (exact) mass is 220 g/mol. The molecule has 2 atom stereocenters. The van der Waals surface area contributed by atoms with Crippen molar-refractivity contribution in [2.45, 2.75) is 33.8 Å². The van der Waals surface area contributed by atoms with Gasteiger partial charge in [-0.15, -0.1) is 0 Å². The Morgan fingerprint density at radius 3 is 2.50 bits per heavy atom. The summed E-state index contributed by atoms with van der Waals surface area (Å²) in [5.41, 5.74) is -0.203. The maximum atomic E-state index is 11.6. The molecule has 82 valence electrons. The quantitative estimate of drug-likeness (QED) is 0.530. The molecular formula is C9H17O4P. The summed E-state index contributed by atoms with van der Waals surface area (Å²) in [7, 11) is -3.46. The molecule has 1 aliphatic rings. The molecule has 1 aliphatic heterocycles. The van der Waals surface area contributed by atoms with Crippen LogP contribution >= 0.6 is 7.60 Å². The molecule has 0 spiro atoms. The lowest BCUT2D eigenvalue weighted by Gasteiger charge is -2.41. The standard InChI is InChI=1S/C9H17O4P/c1-7(2)8-9(3,4)5-12-14(11,6-10)13-8/h6-8H,5H2,1-4H3. The molecule has 14 heavy (non-hydrogen) atoms. The lowest BCUT2D eigenvalue weighted by atomic mass is 9.81. The number of rotatable bonds is 2. The molecule has 0 aromatic rings. The van der Waals surface area contributed by atoms with Gasteiger partial charge < -0.3 is 4.52 Å². The number of hydrogen-bond donors (Lipinski definition) is 0. The van der Waals surface area contributed by atoms with E-state index in [1.165, 1.54) is 0 Å². The van der Waals surface area contributed by atoms with Crippen molar-refractivity contribution in [3.05, 3.63) is 0 Å². The molecule has 1 rings (SSSR count). The molecule has 1 saturated heterocycles. The molecule has 0 saturated carbocycles. The summed E-state index contributed by atoms with van der Waals surface area (Å²) >= 11 is 0. The third kappa shape index (κ3) is 2.25. The van der Waals surface area contributed by atoms with Gasteiger partial charge in [0.2, 0.25) is 6.03 Å². The average Bonchev–Trinajstić information content (AvgIpc) is 2.09. The average molecular weight is 220 g/mol. The predicted octanol–water partition coefficient (Wildman–Crippen LogP) is 2.47. The van der Waals surface area contributed by atoms with E-state index >= 15 is 0 Å². The van der Waals surface area contributed by atoms with Gasteiger partial charge in [-0.25, -0.2) is 0 Å². The topological polar surface area (TPSA) is 52.6 Å². The Morgan fingerprint density at radius 2 is 2.07 bits per heavy atom. The van der Waals surface area contributed by atoms with Crippen LogP contribution in [0, 0.1) is 11.3 Å². The van der Waals surface area contributed by atoms with E-state index in [0.29, 0.717) is 6.61 Å². The molecular weight excluding hydrogens is 203 g/mol. The van der Waals surface area contributed by atoms with Gasteiger partial charge in [0.15, 0.2) is 0 Å². The van der Waals surface area contributed by atoms with E-state index in [1.54, 1.807) is 0 Å². The number of hydrogen-bond acceptors (Lipinski definition) is 4. The number of carbonyl (C=O) groups excluding carboxylic acids is 1. The number of carbonyl (C=O) groups is 1. The summed E-state index contributed by atoms with van der Waals surface area (Å²) in [4.78, 5) is 10.5. The first kappa shape index (κ1) is 11.9. The first-order valence-corrected chi connectivity index (χ1v) is 6.31. The van der Waals surface area contributed by atoms with Crippen molar-refractivity contribution in [1.82, 2.24) is 0 Å². The SMILES string of the molecule is CC(C)C1OP(=O)(C=O)OCC1(C)C. The van der Waals surface area contributed by atoms with Crippen LogP contribution in [0.25, 0.3) is 0 Å². The van der Waals surface area contributed by atoms with Gasteiger partial charge in [-0.05, 0) is 5.92 Å². The highest BCUT2D eigenvalue weighted by Gasteiger charge is 2.45. The summed E-state index contributed by atoms with van der Waals surface area (Å²) in [5, 5.41) is 0. The normalized spacial score (nSPS) is 37.1. The summed E-state index contributed by atoms with van der Waals surface area (Å²) in [6.07, 6.45) is -0.202. The van der Waals surface area contributed by atoms with Crippen molar-refractivity contribution < 1.29 is 18.4 Å². The Morgan fingerprint density at radius 1 is 1.50 bits per heavy atom. The minimum absolute atomic E-state index is 0.202. The highest BCUT2D eigenvalue weighted by molar-refractivity contribution is 7.69. The molecule has 1 fully saturated rings. The molecule has 5 heteroatoms. The molecule has 0 N–H and O–H groups in total. The van der Waals surface area contributed by atoms with Crippen LogP contribution in [0.2, 0.25) is 0 Å². The molecule has 0 bridgehead atoms. The molecule has 0 aromatic heterocycles. The lowest BCUT2D eigenvalue weighted by Crippen LogP contribution is -2.42. The summed E-state index contributed by atoms with van der Waals surface area (Å²) in [5.74, 6) is 0.210. The second-order valence-corrected chi connectivity index (χ2v) is 6.44. The van der Waals surface area contributed by atoms with Crippen molar-refractivity contribution in [3.63, 3.8) is 0 Å². The van der Waals surface area contributed by atoms with Crippen molar-refractivity contribution in [2.75, 3.05) is 6.61 Å². The van der Waals surface area contributed by atoms with Crippen LogP contribution in [-0.2, 0) is 18.4 Å². The maximum absolute atomic E-state index is 11.6. The Kier molecular flexibility index (Phi) is 3.20. The molecule has 4 nitrogen and oxygen atoms in total. The van der Waals surface area contributed by atoms with Crippen LogP contribution in [-0.4, -0.2) is 18.7 Å². The Bertz CT molecular complexity index is 272. The van der Waals surface area contributed by atoms with Crippen LogP contribution in [0.15, 0.2) is 0 Å². The molecule has 2 unspecified atom stereocenters. The zero-order valence-corrected chi connectivity index (χ0v) is 9.91. The van der Waals surface area contributed by atoms with Crippen molar-refractivity contribution >= 4 is 13.6 Å². The van der Waals surface area contributed by atoms with E-state index in [4.69, 9.17) is 9.05 Å². The highest BCUT2D eigenvalue weighted by atomic mass is 31.2. The van der Waals surface area contributed by atoms with E-state index in [2.05, 4.69) is 0 Å². The van der Waals surface area contributed by atoms with E-state index in [-0.39, 0.29) is 23.5 Å². The summed E-state index contributed by atoms with van der Waals surface area (Å²) in [6.45, 7) is 8.21. The largest absolute Gasteiger partial charge is 0.393 e. The van der Waals surface area contributed by atoms with Gasteiger partial charge in [-0.2, -0.15) is 0 Å². The molecule has 0 aromatic carbocycles. The van der Waals surface area contributed by atoms with Gasteiger partial charge >= 0.3 is 7.60 Å². The van der Waals surface area contributed by atoms with Gasteiger partial charge in [0.25, 0.3) is 0 Å². The van der Waals surface area contributed by atoms with Crippen LogP contribution in [0.5, 0.6) is 0 Å². The molecule has 0 amide bonds. The Labute approximate surface area is 84.5 Å². The van der Waals surface area contributed by atoms with Crippen molar-refractivity contribution in [2.24, 2.45) is 11.3 Å². The van der Waals surface area contributed by atoms with Crippen LogP contribution in [0.3, 0.4) is 0 Å². The van der Waals surface area contributed by atoms with Gasteiger partial charge in [-0.1, -0.05) is 27.7 Å². The first-order chi connectivity index (χ1) is 6.31. The van der Waals surface area contributed by atoms with Gasteiger partial charge in [0.1, 0.15) is 0 Å². The highest BCUT2D eigenvalue weighted by Crippen LogP contribution is 2.55. The minimum atomic E-state index is -3.46. The van der Waals surface area contributed by atoms with Gasteiger partial charge in [-0.3, -0.25) is 13.9 Å². The van der Waals surface area contributed by atoms with Crippen LogP contribution < -0.4 is 0 Å². The fourth-order valence-corrected chi connectivity index (χ4v) is 3.28. The van der Waals surface area contributed by atoms with E-state index in [9.17, 15) is 9.36 Å². The Balaban J connectivity index is 2.88. The van der Waals surface area contributed by atoms with E-state index in [0.717, 1.165) is 0 Å². The minimum Gasteiger partial charge on any atom is -0.303 e. The van der Waals surface area contributed by atoms with Crippen LogP contribution in [0.4, 0.5) is 0 Å². The molecule has 0 aliphatic carbocycles. The fourth-order valence-electron chi connectivity index (χ4n) is 1.75. The summed E-state index contributed by atoms with van der Waals surface area (Å²) in [6, 6.07) is 0.289. The second-order valence-electron chi connectivity index (χ2n) is 4.68. The van der Waals surface area contributed by atoms with Crippen molar-refractivity contribution in [1.29, 1.82) is 0 Å². The lowest BCUT2D eigenvalue weighted by molar-refractivity contribution is -0.0435. The van der Waals surface area contributed by atoms with Gasteiger partial charge in [0.05, 0.1) is 12.7 Å². The zero-order chi connectivity index (χ0) is 11.0. The molecule has 1 heterocycles. The first-order valence-electron chi connectivity index (χ1n) is 4.70. The summed E-state index contributed by atoms with van der Waals surface area (Å²) < 4.78 is 21.8. The maximum Gasteiger partial charge on any atom is 0.393 e. The fraction of sp³-hybridized carbons (Fsp3) is 0.889. The Hall–Kier alpha value is -0.180. The van der Waals surface area contributed by atoms with Crippen LogP contribution in [0.1, 0.15) is 27.7 Å². The third-order valence-electron chi connectivity index (χ3n) is 2.38. The van der Waals surface area contributed by atoms with Gasteiger partial charge in [0, 0.05) is 5.41 Å².